The van der Waals surface area contributed by atoms with E-state index in [0.717, 1.165) is 21.7 Å². The zero-order valence-electron chi connectivity index (χ0n) is 11.2. The van der Waals surface area contributed by atoms with Crippen LogP contribution in [0.15, 0.2) is 52.3 Å². The number of para-hydroxylation sites is 1. The molecule has 2 aromatic heterocycles. The highest BCUT2D eigenvalue weighted by Crippen LogP contribution is 2.13. The van der Waals surface area contributed by atoms with Gasteiger partial charge < -0.3 is 4.98 Å². The zero-order valence-corrected chi connectivity index (χ0v) is 11.2. The number of hydrogen-bond donors (Lipinski definition) is 1. The summed E-state index contributed by atoms with van der Waals surface area (Å²) in [5, 5.41) is 0.800. The standard InChI is InChI=1S/C15H11N3O3/c1-9(19)12-8-17-15(21)18(14(12)20)11-6-10-4-2-3-5-13(10)16-7-11/h2-8H,1H3,(H,17,21). The average Bonchev–Trinajstić information content (AvgIpc) is 2.47. The van der Waals surface area contributed by atoms with E-state index in [1.165, 1.54) is 13.1 Å². The number of benzene rings is 1. The second-order valence-corrected chi connectivity index (χ2v) is 4.59. The molecule has 0 aliphatic heterocycles. The fraction of sp³-hybridized carbons (Fsp3) is 0.0667. The lowest BCUT2D eigenvalue weighted by molar-refractivity contribution is 0.101. The van der Waals surface area contributed by atoms with E-state index < -0.39 is 17.0 Å². The van der Waals surface area contributed by atoms with E-state index in [4.69, 9.17) is 0 Å². The lowest BCUT2D eigenvalue weighted by Gasteiger charge is -2.06. The van der Waals surface area contributed by atoms with Gasteiger partial charge in [-0.05, 0) is 19.1 Å². The number of pyridine rings is 1. The highest BCUT2D eigenvalue weighted by Gasteiger charge is 2.13. The molecule has 2 heterocycles. The van der Waals surface area contributed by atoms with Gasteiger partial charge in [-0.2, -0.15) is 0 Å². The molecular formula is C15H11N3O3. The summed E-state index contributed by atoms with van der Waals surface area (Å²) in [6, 6.07) is 9.04. The van der Waals surface area contributed by atoms with Crippen LogP contribution in [-0.4, -0.2) is 20.3 Å². The van der Waals surface area contributed by atoms with Gasteiger partial charge in [0.2, 0.25) is 0 Å². The minimum atomic E-state index is -0.650. The molecule has 0 atom stereocenters. The van der Waals surface area contributed by atoms with Crippen LogP contribution in [0.2, 0.25) is 0 Å². The SMILES string of the molecule is CC(=O)c1c[nH]c(=O)n(-c2cnc3ccccc3c2)c1=O. The van der Waals surface area contributed by atoms with Crippen molar-refractivity contribution >= 4 is 16.7 Å². The Morgan fingerprint density at radius 3 is 2.76 bits per heavy atom. The van der Waals surface area contributed by atoms with Crippen molar-refractivity contribution in [3.63, 3.8) is 0 Å². The zero-order chi connectivity index (χ0) is 15.0. The van der Waals surface area contributed by atoms with E-state index >= 15 is 0 Å². The van der Waals surface area contributed by atoms with Gasteiger partial charge in [-0.1, -0.05) is 18.2 Å². The molecule has 1 N–H and O–H groups in total. The first-order chi connectivity index (χ1) is 10.1. The van der Waals surface area contributed by atoms with Gasteiger partial charge in [-0.25, -0.2) is 9.36 Å². The Kier molecular flexibility index (Phi) is 2.98. The average molecular weight is 281 g/mol. The van der Waals surface area contributed by atoms with Crippen molar-refractivity contribution in [3.05, 3.63) is 69.1 Å². The molecule has 0 aliphatic rings. The number of fused-ring (bicyclic) bond motifs is 1. The van der Waals surface area contributed by atoms with Crippen LogP contribution in [0.3, 0.4) is 0 Å². The Balaban J connectivity index is 2.32. The summed E-state index contributed by atoms with van der Waals surface area (Å²) in [6.45, 7) is 1.28. The molecule has 0 aliphatic carbocycles. The number of nitrogens with zero attached hydrogens (tertiary/aromatic N) is 2. The smallest absolute Gasteiger partial charge is 0.313 e. The van der Waals surface area contributed by atoms with E-state index in [0.29, 0.717) is 5.69 Å². The third-order valence-corrected chi connectivity index (χ3v) is 3.19. The number of nitrogens with one attached hydrogen (secondary N) is 1. The summed E-state index contributed by atoms with van der Waals surface area (Å²) in [6.07, 6.45) is 2.57. The number of ketones is 1. The van der Waals surface area contributed by atoms with E-state index in [1.54, 1.807) is 6.07 Å². The van der Waals surface area contributed by atoms with Crippen molar-refractivity contribution in [2.75, 3.05) is 0 Å². The molecule has 0 saturated heterocycles. The van der Waals surface area contributed by atoms with Crippen LogP contribution in [-0.2, 0) is 0 Å². The fourth-order valence-corrected chi connectivity index (χ4v) is 2.14. The van der Waals surface area contributed by atoms with Crippen molar-refractivity contribution in [3.8, 4) is 5.69 Å². The number of aromatic amines is 1. The summed E-state index contributed by atoms with van der Waals surface area (Å²) in [4.78, 5) is 42.2. The first kappa shape index (κ1) is 13.0. The van der Waals surface area contributed by atoms with E-state index in [1.807, 2.05) is 24.3 Å². The second kappa shape index (κ2) is 4.82. The first-order valence-electron chi connectivity index (χ1n) is 6.29. The van der Waals surface area contributed by atoms with Gasteiger partial charge >= 0.3 is 5.69 Å². The number of H-pyrrole nitrogens is 1. The first-order valence-corrected chi connectivity index (χ1v) is 6.29. The Labute approximate surface area is 118 Å². The molecule has 0 fully saturated rings. The molecule has 104 valence electrons. The molecule has 3 aromatic rings. The molecule has 0 amide bonds. The maximum absolute atomic E-state index is 12.3. The Bertz CT molecular complexity index is 970. The van der Waals surface area contributed by atoms with Gasteiger partial charge in [0.15, 0.2) is 5.78 Å². The molecule has 0 saturated carbocycles. The van der Waals surface area contributed by atoms with Crippen LogP contribution in [0.25, 0.3) is 16.6 Å². The highest BCUT2D eigenvalue weighted by molar-refractivity contribution is 5.93. The lowest BCUT2D eigenvalue weighted by atomic mass is 10.2. The van der Waals surface area contributed by atoms with Crippen LogP contribution >= 0.6 is 0 Å². The normalized spacial score (nSPS) is 10.7. The number of carbonyl (C=O) groups is 1. The van der Waals surface area contributed by atoms with Gasteiger partial charge in [0.05, 0.1) is 23.0 Å². The van der Waals surface area contributed by atoms with Crippen LogP contribution < -0.4 is 11.2 Å². The monoisotopic (exact) mass is 281 g/mol. The van der Waals surface area contributed by atoms with Crippen LogP contribution in [0.1, 0.15) is 17.3 Å². The lowest BCUT2D eigenvalue weighted by Crippen LogP contribution is -2.36. The molecule has 6 heteroatoms. The van der Waals surface area contributed by atoms with E-state index in [-0.39, 0.29) is 5.56 Å². The molecule has 21 heavy (non-hydrogen) atoms. The summed E-state index contributed by atoms with van der Waals surface area (Å²) in [5.74, 6) is -0.404. The molecule has 6 nitrogen and oxygen atoms in total. The fourth-order valence-electron chi connectivity index (χ4n) is 2.14. The number of rotatable bonds is 2. The van der Waals surface area contributed by atoms with Crippen molar-refractivity contribution in [1.29, 1.82) is 0 Å². The summed E-state index contributed by atoms with van der Waals surface area (Å²) >= 11 is 0. The van der Waals surface area contributed by atoms with Crippen molar-refractivity contribution < 1.29 is 4.79 Å². The molecule has 0 bridgehead atoms. The van der Waals surface area contributed by atoms with Gasteiger partial charge in [-0.3, -0.25) is 14.6 Å². The largest absolute Gasteiger partial charge is 0.333 e. The third-order valence-electron chi connectivity index (χ3n) is 3.19. The number of Topliss-reactive ketones (excluding diaryl/α,β-unsaturated/α-hetero) is 1. The molecule has 3 rings (SSSR count). The summed E-state index contributed by atoms with van der Waals surface area (Å²) in [7, 11) is 0. The second-order valence-electron chi connectivity index (χ2n) is 4.59. The van der Waals surface area contributed by atoms with Gasteiger partial charge in [-0.15, -0.1) is 0 Å². The minimum absolute atomic E-state index is 0.0669. The van der Waals surface area contributed by atoms with Crippen molar-refractivity contribution in [2.24, 2.45) is 0 Å². The maximum Gasteiger partial charge on any atom is 0.333 e. The van der Waals surface area contributed by atoms with Crippen LogP contribution in [0, 0.1) is 0 Å². The number of hydrogen-bond acceptors (Lipinski definition) is 4. The van der Waals surface area contributed by atoms with Crippen molar-refractivity contribution in [1.82, 2.24) is 14.5 Å². The summed E-state index contributed by atoms with van der Waals surface area (Å²) in [5.41, 5.74) is -0.246. The Hall–Kier alpha value is -3.02. The number of carbonyl (C=O) groups excluding carboxylic acids is 1. The molecule has 1 aromatic carbocycles. The predicted molar refractivity (Wildman–Crippen MR) is 78.0 cm³/mol. The summed E-state index contributed by atoms with van der Waals surface area (Å²) < 4.78 is 0.913. The topological polar surface area (TPSA) is 84.8 Å². The van der Waals surface area contributed by atoms with Gasteiger partial charge in [0, 0.05) is 11.6 Å². The van der Waals surface area contributed by atoms with E-state index in [9.17, 15) is 14.4 Å². The minimum Gasteiger partial charge on any atom is -0.313 e. The number of aromatic nitrogens is 3. The van der Waals surface area contributed by atoms with Crippen LogP contribution in [0.4, 0.5) is 0 Å². The predicted octanol–water partition coefficient (Wildman–Crippen LogP) is 1.28. The quantitative estimate of drug-likeness (QED) is 0.717. The van der Waals surface area contributed by atoms with Crippen molar-refractivity contribution in [2.45, 2.75) is 6.92 Å². The Morgan fingerprint density at radius 2 is 2.00 bits per heavy atom. The van der Waals surface area contributed by atoms with Crippen LogP contribution in [0.5, 0.6) is 0 Å². The molecule has 0 spiro atoms. The highest BCUT2D eigenvalue weighted by atomic mass is 16.2. The van der Waals surface area contributed by atoms with Gasteiger partial charge in [0.1, 0.15) is 0 Å². The maximum atomic E-state index is 12.3. The molecule has 0 unspecified atom stereocenters. The van der Waals surface area contributed by atoms with Gasteiger partial charge in [0.25, 0.3) is 5.56 Å². The molecule has 0 radical (unpaired) electrons. The molecular weight excluding hydrogens is 270 g/mol. The van der Waals surface area contributed by atoms with E-state index in [2.05, 4.69) is 9.97 Å². The third kappa shape index (κ3) is 2.16. The Morgan fingerprint density at radius 1 is 1.24 bits per heavy atom.